The molecule has 0 bridgehead atoms. The molecule has 142 valence electrons. The highest BCUT2D eigenvalue weighted by Gasteiger charge is 2.43. The van der Waals surface area contributed by atoms with E-state index in [2.05, 4.69) is 39.2 Å². The van der Waals surface area contributed by atoms with Crippen molar-refractivity contribution in [2.24, 2.45) is 0 Å². The first-order chi connectivity index (χ1) is 11.9. The Kier molecular flexibility index (Phi) is 5.78. The summed E-state index contributed by atoms with van der Waals surface area (Å²) in [4.78, 5) is 26.6. The Balaban J connectivity index is 2.33. The molecule has 0 saturated heterocycles. The molecular weight excluding hydrogens is 344 g/mol. The molecule has 2 amide bonds. The summed E-state index contributed by atoms with van der Waals surface area (Å²) in [7, 11) is -2.07. The molecule has 1 N–H and O–H groups in total. The molecule has 0 spiro atoms. The van der Waals surface area contributed by atoms with Crippen LogP contribution in [0.2, 0.25) is 18.1 Å². The molecule has 1 aromatic carbocycles. The molecule has 1 aliphatic rings. The van der Waals surface area contributed by atoms with E-state index in [-0.39, 0.29) is 16.9 Å². The first kappa shape index (κ1) is 20.4. The second-order valence-corrected chi connectivity index (χ2v) is 13.1. The number of benzene rings is 1. The van der Waals surface area contributed by atoms with Crippen molar-refractivity contribution in [3.8, 4) is 0 Å². The van der Waals surface area contributed by atoms with E-state index >= 15 is 0 Å². The lowest BCUT2D eigenvalue weighted by atomic mass is 10.0. The zero-order valence-corrected chi connectivity index (χ0v) is 17.8. The Labute approximate surface area is 157 Å². The number of nitrogens with zero attached hydrogens (tertiary/aromatic N) is 1. The fourth-order valence-electron chi connectivity index (χ4n) is 2.78. The van der Waals surface area contributed by atoms with Gasteiger partial charge in [0, 0.05) is 13.1 Å². The Morgan fingerprint density at radius 3 is 2.31 bits per heavy atom. The highest BCUT2D eigenvalue weighted by Crippen LogP contribution is 2.38. The maximum absolute atomic E-state index is 12.9. The minimum Gasteiger partial charge on any atom is -0.412 e. The smallest absolute Gasteiger partial charge is 0.250 e. The molecule has 1 heterocycles. The van der Waals surface area contributed by atoms with Crippen LogP contribution in [0, 0.1) is 0 Å². The zero-order chi connectivity index (χ0) is 19.7. The van der Waals surface area contributed by atoms with E-state index in [0.29, 0.717) is 5.70 Å². The van der Waals surface area contributed by atoms with E-state index in [4.69, 9.17) is 4.43 Å². The van der Waals surface area contributed by atoms with Gasteiger partial charge in [0.1, 0.15) is 6.04 Å². The third-order valence-electron chi connectivity index (χ3n) is 5.27. The number of rotatable bonds is 4. The zero-order valence-electron chi connectivity index (χ0n) is 16.8. The Morgan fingerprint density at radius 1 is 1.23 bits per heavy atom. The van der Waals surface area contributed by atoms with Crippen LogP contribution in [0.4, 0.5) is 0 Å². The van der Waals surface area contributed by atoms with E-state index < -0.39 is 20.5 Å². The maximum atomic E-state index is 12.9. The van der Waals surface area contributed by atoms with E-state index in [1.54, 1.807) is 6.20 Å². The van der Waals surface area contributed by atoms with E-state index in [0.717, 1.165) is 5.56 Å². The first-order valence-corrected chi connectivity index (χ1v) is 11.9. The van der Waals surface area contributed by atoms with Crippen molar-refractivity contribution >= 4 is 25.8 Å². The normalized spacial score (nSPS) is 19.7. The quantitative estimate of drug-likeness (QED) is 0.817. The third kappa shape index (κ3) is 4.24. The largest absolute Gasteiger partial charge is 0.412 e. The van der Waals surface area contributed by atoms with E-state index in [1.165, 1.54) is 11.8 Å². The van der Waals surface area contributed by atoms with Gasteiger partial charge in [0.05, 0.1) is 11.8 Å². The number of hydrogen-bond acceptors (Lipinski definition) is 3. The molecule has 0 unspecified atom stereocenters. The van der Waals surface area contributed by atoms with Crippen LogP contribution >= 0.6 is 0 Å². The number of hydrogen-bond donors (Lipinski definition) is 1. The molecule has 26 heavy (non-hydrogen) atoms. The molecule has 6 heteroatoms. The van der Waals surface area contributed by atoms with Gasteiger partial charge in [0.25, 0.3) is 0 Å². The Bertz CT molecular complexity index is 708. The molecule has 1 aliphatic heterocycles. The SMILES string of the molecule is CC(=O)N1C=C(c2ccccc2)NC(=O)[C@@H]1[C@@H](C)O[Si](C)(C)C(C)(C)C. The number of nitrogens with one attached hydrogen (secondary N) is 1. The topological polar surface area (TPSA) is 58.6 Å². The van der Waals surface area contributed by atoms with Gasteiger partial charge in [-0.05, 0) is 30.6 Å². The van der Waals surface area contributed by atoms with Gasteiger partial charge in [-0.15, -0.1) is 0 Å². The number of amides is 2. The van der Waals surface area contributed by atoms with Gasteiger partial charge in [-0.2, -0.15) is 0 Å². The van der Waals surface area contributed by atoms with Gasteiger partial charge in [-0.25, -0.2) is 0 Å². The van der Waals surface area contributed by atoms with Crippen molar-refractivity contribution in [2.45, 2.75) is 64.9 Å². The van der Waals surface area contributed by atoms with Crippen LogP contribution in [-0.4, -0.2) is 37.2 Å². The summed E-state index contributed by atoms with van der Waals surface area (Å²) in [5.41, 5.74) is 1.49. The molecule has 2 rings (SSSR count). The second kappa shape index (κ2) is 7.37. The Morgan fingerprint density at radius 2 is 1.81 bits per heavy atom. The highest BCUT2D eigenvalue weighted by atomic mass is 28.4. The van der Waals surface area contributed by atoms with Crippen LogP contribution in [0.5, 0.6) is 0 Å². The van der Waals surface area contributed by atoms with Gasteiger partial charge in [-0.1, -0.05) is 51.1 Å². The maximum Gasteiger partial charge on any atom is 0.250 e. The lowest BCUT2D eigenvalue weighted by Gasteiger charge is -2.43. The molecule has 0 aromatic heterocycles. The van der Waals surface area contributed by atoms with Crippen molar-refractivity contribution in [1.29, 1.82) is 0 Å². The standard InChI is InChI=1S/C20H30N2O3Si/c1-14(25-26(6,7)20(3,4)5)18-19(24)21-17(13-22(18)15(2)23)16-11-9-8-10-12-16/h8-14,18H,1-7H3,(H,21,24)/t14-,18+/m1/s1. The summed E-state index contributed by atoms with van der Waals surface area (Å²) in [5.74, 6) is -0.392. The molecule has 5 nitrogen and oxygen atoms in total. The van der Waals surface area contributed by atoms with Crippen molar-refractivity contribution in [2.75, 3.05) is 0 Å². The minimum atomic E-state index is -2.07. The van der Waals surface area contributed by atoms with E-state index in [1.807, 2.05) is 37.3 Å². The van der Waals surface area contributed by atoms with Crippen LogP contribution in [0.3, 0.4) is 0 Å². The number of carbonyl (C=O) groups is 2. The molecular formula is C20H30N2O3Si. The molecule has 0 saturated carbocycles. The summed E-state index contributed by atoms with van der Waals surface area (Å²) in [6.45, 7) is 14.1. The molecule has 0 radical (unpaired) electrons. The molecule has 1 aromatic rings. The summed E-state index contributed by atoms with van der Waals surface area (Å²) in [6.07, 6.45) is 1.32. The van der Waals surface area contributed by atoms with Gasteiger partial charge in [-0.3, -0.25) is 9.59 Å². The van der Waals surface area contributed by atoms with Crippen LogP contribution in [0.1, 0.15) is 40.2 Å². The van der Waals surface area contributed by atoms with Crippen LogP contribution < -0.4 is 5.32 Å². The molecule has 2 atom stereocenters. The summed E-state index contributed by atoms with van der Waals surface area (Å²) < 4.78 is 6.39. The Hall–Kier alpha value is -1.92. The van der Waals surface area contributed by atoms with Crippen LogP contribution in [0.25, 0.3) is 5.70 Å². The summed E-state index contributed by atoms with van der Waals surface area (Å²) >= 11 is 0. The van der Waals surface area contributed by atoms with Crippen LogP contribution in [-0.2, 0) is 14.0 Å². The highest BCUT2D eigenvalue weighted by molar-refractivity contribution is 6.74. The minimum absolute atomic E-state index is 0.0263. The van der Waals surface area contributed by atoms with E-state index in [9.17, 15) is 9.59 Å². The third-order valence-corrected chi connectivity index (χ3v) is 9.85. The summed E-state index contributed by atoms with van der Waals surface area (Å²) in [5, 5.41) is 2.96. The molecule has 0 fully saturated rings. The predicted molar refractivity (Wildman–Crippen MR) is 107 cm³/mol. The first-order valence-electron chi connectivity index (χ1n) is 8.99. The van der Waals surface area contributed by atoms with Crippen molar-refractivity contribution in [3.05, 3.63) is 42.1 Å². The van der Waals surface area contributed by atoms with Gasteiger partial charge < -0.3 is 14.6 Å². The van der Waals surface area contributed by atoms with Gasteiger partial charge in [0.2, 0.25) is 11.8 Å². The van der Waals surface area contributed by atoms with Gasteiger partial charge >= 0.3 is 0 Å². The average Bonchev–Trinajstić information content (AvgIpc) is 2.53. The van der Waals surface area contributed by atoms with Crippen molar-refractivity contribution in [3.63, 3.8) is 0 Å². The van der Waals surface area contributed by atoms with Crippen molar-refractivity contribution < 1.29 is 14.0 Å². The lowest BCUT2D eigenvalue weighted by Crippen LogP contribution is -2.58. The second-order valence-electron chi connectivity index (χ2n) is 8.35. The van der Waals surface area contributed by atoms with Crippen LogP contribution in [0.15, 0.2) is 36.5 Å². The fraction of sp³-hybridized carbons (Fsp3) is 0.500. The predicted octanol–water partition coefficient (Wildman–Crippen LogP) is 3.74. The van der Waals surface area contributed by atoms with Gasteiger partial charge in [0.15, 0.2) is 8.32 Å². The summed E-state index contributed by atoms with van der Waals surface area (Å²) in [6, 6.07) is 8.84. The lowest BCUT2D eigenvalue weighted by molar-refractivity contribution is -0.139. The average molecular weight is 375 g/mol. The fourth-order valence-corrected chi connectivity index (χ4v) is 4.19. The van der Waals surface area contributed by atoms with Crippen molar-refractivity contribution in [1.82, 2.24) is 10.2 Å². The molecule has 0 aliphatic carbocycles. The number of carbonyl (C=O) groups excluding carboxylic acids is 2. The monoisotopic (exact) mass is 374 g/mol.